The van der Waals surface area contributed by atoms with Gasteiger partial charge in [0.05, 0.1) is 29.0 Å². The Labute approximate surface area is 169 Å². The van der Waals surface area contributed by atoms with Crippen molar-refractivity contribution in [2.45, 2.75) is 31.1 Å². The molecule has 2 atom stereocenters. The number of fused-ring (bicyclic) bond motifs is 1. The summed E-state index contributed by atoms with van der Waals surface area (Å²) in [4.78, 5) is 19.2. The van der Waals surface area contributed by atoms with Crippen LogP contribution in [0.25, 0.3) is 22.4 Å². The number of hydrogen-bond acceptors (Lipinski definition) is 7. The molecule has 152 valence electrons. The van der Waals surface area contributed by atoms with Crippen LogP contribution in [0.1, 0.15) is 19.8 Å². The summed E-state index contributed by atoms with van der Waals surface area (Å²) in [6.07, 6.45) is 7.27. The first kappa shape index (κ1) is 18.5. The minimum Gasteiger partial charge on any atom is -0.377 e. The van der Waals surface area contributed by atoms with Crippen LogP contribution in [0.5, 0.6) is 0 Å². The Kier molecular flexibility index (Phi) is 4.51. The van der Waals surface area contributed by atoms with Crippen molar-refractivity contribution in [3.05, 3.63) is 30.6 Å². The fraction of sp³-hybridized carbons (Fsp3) is 0.450. The van der Waals surface area contributed by atoms with Crippen LogP contribution in [-0.4, -0.2) is 61.5 Å². The van der Waals surface area contributed by atoms with E-state index >= 15 is 0 Å². The second kappa shape index (κ2) is 7.07. The van der Waals surface area contributed by atoms with E-state index in [1.165, 1.54) is 0 Å². The molecule has 1 saturated carbocycles. The highest BCUT2D eigenvalue weighted by Crippen LogP contribution is 2.33. The summed E-state index contributed by atoms with van der Waals surface area (Å²) in [5, 5.41) is 1.12. The van der Waals surface area contributed by atoms with Crippen molar-refractivity contribution < 1.29 is 8.95 Å². The number of nitrogens with zero attached hydrogens (tertiary/aromatic N) is 5. The largest absolute Gasteiger partial charge is 0.377 e. The third kappa shape index (κ3) is 3.60. The molecule has 2 unspecified atom stereocenters. The number of pyridine rings is 1. The van der Waals surface area contributed by atoms with Crippen LogP contribution in [0, 0.1) is 0 Å². The molecule has 0 radical (unpaired) electrons. The number of H-pyrrole nitrogens is 1. The number of anilines is 1. The van der Waals surface area contributed by atoms with Gasteiger partial charge in [0.2, 0.25) is 0 Å². The second-order valence-corrected chi connectivity index (χ2v) is 10.3. The van der Waals surface area contributed by atoms with Crippen molar-refractivity contribution in [1.82, 2.24) is 19.9 Å². The molecule has 9 heteroatoms. The lowest BCUT2D eigenvalue weighted by Crippen LogP contribution is -2.44. The third-order valence-corrected chi connectivity index (χ3v) is 7.74. The van der Waals surface area contributed by atoms with Gasteiger partial charge < -0.3 is 14.6 Å². The van der Waals surface area contributed by atoms with Crippen molar-refractivity contribution in [2.24, 2.45) is 4.36 Å². The van der Waals surface area contributed by atoms with Crippen molar-refractivity contribution in [2.75, 3.05) is 30.9 Å². The van der Waals surface area contributed by atoms with E-state index in [1.54, 1.807) is 12.5 Å². The first-order valence-corrected chi connectivity index (χ1v) is 11.9. The average molecular weight is 413 g/mol. The minimum absolute atomic E-state index is 0.170. The number of ether oxygens (including phenoxy) is 1. The first-order chi connectivity index (χ1) is 14.0. The van der Waals surface area contributed by atoms with E-state index in [0.29, 0.717) is 24.9 Å². The van der Waals surface area contributed by atoms with Crippen molar-refractivity contribution in [1.29, 1.82) is 0 Å². The van der Waals surface area contributed by atoms with Gasteiger partial charge in [0.25, 0.3) is 0 Å². The van der Waals surface area contributed by atoms with Gasteiger partial charge in [-0.3, -0.25) is 0 Å². The van der Waals surface area contributed by atoms with E-state index in [1.807, 2.05) is 24.4 Å². The first-order valence-electron chi connectivity index (χ1n) is 9.88. The Bertz CT molecular complexity index is 1180. The SMILES string of the molecule is CC1COCCN1c1cc(N=S(C)(=O)C2CC2)nc(-c2ccnc3[nH]ccc23)n1. The molecule has 1 saturated heterocycles. The molecule has 0 spiro atoms. The topological polar surface area (TPSA) is 96.4 Å². The quantitative estimate of drug-likeness (QED) is 0.707. The van der Waals surface area contributed by atoms with E-state index in [-0.39, 0.29) is 11.3 Å². The Morgan fingerprint density at radius 1 is 1.31 bits per heavy atom. The molecule has 5 rings (SSSR count). The predicted octanol–water partition coefficient (Wildman–Crippen LogP) is 3.14. The zero-order valence-electron chi connectivity index (χ0n) is 16.5. The zero-order chi connectivity index (χ0) is 20.0. The summed E-state index contributed by atoms with van der Waals surface area (Å²) in [6.45, 7) is 4.16. The molecular weight excluding hydrogens is 388 g/mol. The number of hydrogen-bond donors (Lipinski definition) is 1. The second-order valence-electron chi connectivity index (χ2n) is 7.78. The monoisotopic (exact) mass is 412 g/mol. The maximum absolute atomic E-state index is 13.0. The van der Waals surface area contributed by atoms with Gasteiger partial charge in [-0.2, -0.15) is 4.36 Å². The Morgan fingerprint density at radius 2 is 2.17 bits per heavy atom. The van der Waals surface area contributed by atoms with Crippen LogP contribution in [0.2, 0.25) is 0 Å². The summed E-state index contributed by atoms with van der Waals surface area (Å²) in [7, 11) is -2.31. The molecule has 1 aliphatic heterocycles. The minimum atomic E-state index is -2.31. The van der Waals surface area contributed by atoms with Crippen molar-refractivity contribution in [3.63, 3.8) is 0 Å². The highest BCUT2D eigenvalue weighted by atomic mass is 32.2. The smallest absolute Gasteiger partial charge is 0.167 e. The molecule has 1 N–H and O–H groups in total. The molecule has 0 aromatic carbocycles. The number of aromatic nitrogens is 4. The van der Waals surface area contributed by atoms with Gasteiger partial charge in [-0.15, -0.1) is 0 Å². The molecule has 8 nitrogen and oxygen atoms in total. The third-order valence-electron chi connectivity index (χ3n) is 5.48. The molecular formula is C20H24N6O2S. The van der Waals surface area contributed by atoms with Gasteiger partial charge in [-0.1, -0.05) is 0 Å². The standard InChI is InChI=1S/C20H24N6O2S/c1-13-12-28-10-9-26(13)18-11-17(25-29(2,27)14-3-4-14)23-20(24-18)16-6-8-22-19-15(16)5-7-21-19/h5-8,11,13-14H,3-4,9-10,12H2,1-2H3,(H,21,22). The molecule has 3 aromatic heterocycles. The van der Waals surface area contributed by atoms with E-state index in [2.05, 4.69) is 26.2 Å². The van der Waals surface area contributed by atoms with E-state index in [9.17, 15) is 4.21 Å². The highest BCUT2D eigenvalue weighted by molar-refractivity contribution is 7.93. The summed E-state index contributed by atoms with van der Waals surface area (Å²) in [5.41, 5.74) is 1.66. The Hall–Kier alpha value is -2.52. The van der Waals surface area contributed by atoms with Crippen LogP contribution >= 0.6 is 0 Å². The van der Waals surface area contributed by atoms with Gasteiger partial charge in [0.15, 0.2) is 11.6 Å². The summed E-state index contributed by atoms with van der Waals surface area (Å²) >= 11 is 0. The summed E-state index contributed by atoms with van der Waals surface area (Å²) < 4.78 is 23.2. The van der Waals surface area contributed by atoms with Crippen LogP contribution in [0.4, 0.5) is 11.6 Å². The van der Waals surface area contributed by atoms with Gasteiger partial charge in [-0.25, -0.2) is 19.2 Å². The lowest BCUT2D eigenvalue weighted by atomic mass is 10.1. The van der Waals surface area contributed by atoms with E-state index in [0.717, 1.165) is 41.8 Å². The van der Waals surface area contributed by atoms with Gasteiger partial charge >= 0.3 is 0 Å². The molecule has 2 aliphatic rings. The fourth-order valence-electron chi connectivity index (χ4n) is 3.73. The van der Waals surface area contributed by atoms with E-state index < -0.39 is 9.73 Å². The Balaban J connectivity index is 1.68. The number of aromatic amines is 1. The maximum Gasteiger partial charge on any atom is 0.167 e. The van der Waals surface area contributed by atoms with Gasteiger partial charge in [0, 0.05) is 47.5 Å². The zero-order valence-corrected chi connectivity index (χ0v) is 17.4. The average Bonchev–Trinajstić information content (AvgIpc) is 3.46. The van der Waals surface area contributed by atoms with Gasteiger partial charge in [-0.05, 0) is 31.9 Å². The van der Waals surface area contributed by atoms with Crippen molar-refractivity contribution in [3.8, 4) is 11.4 Å². The summed E-state index contributed by atoms with van der Waals surface area (Å²) in [6, 6.07) is 5.92. The fourth-order valence-corrected chi connectivity index (χ4v) is 5.35. The van der Waals surface area contributed by atoms with Crippen LogP contribution in [0.15, 0.2) is 35.0 Å². The van der Waals surface area contributed by atoms with Crippen LogP contribution < -0.4 is 4.90 Å². The molecule has 2 fully saturated rings. The van der Waals surface area contributed by atoms with E-state index in [4.69, 9.17) is 14.7 Å². The predicted molar refractivity (Wildman–Crippen MR) is 114 cm³/mol. The lowest BCUT2D eigenvalue weighted by molar-refractivity contribution is 0.0985. The van der Waals surface area contributed by atoms with Crippen molar-refractivity contribution >= 4 is 32.4 Å². The molecule has 4 heterocycles. The highest BCUT2D eigenvalue weighted by Gasteiger charge is 2.31. The number of nitrogens with one attached hydrogen (secondary N) is 1. The van der Waals surface area contributed by atoms with Crippen LogP contribution in [0.3, 0.4) is 0 Å². The molecule has 0 amide bonds. The van der Waals surface area contributed by atoms with Crippen LogP contribution in [-0.2, 0) is 14.5 Å². The summed E-state index contributed by atoms with van der Waals surface area (Å²) in [5.74, 6) is 1.83. The molecule has 0 bridgehead atoms. The molecule has 1 aliphatic carbocycles. The molecule has 3 aromatic rings. The lowest BCUT2D eigenvalue weighted by Gasteiger charge is -2.34. The molecule has 29 heavy (non-hydrogen) atoms. The Morgan fingerprint density at radius 3 is 2.97 bits per heavy atom. The van der Waals surface area contributed by atoms with Gasteiger partial charge in [0.1, 0.15) is 11.5 Å². The number of morpholine rings is 1. The maximum atomic E-state index is 13.0. The normalized spacial score (nSPS) is 21.9. The number of rotatable bonds is 4.